The van der Waals surface area contributed by atoms with Gasteiger partial charge in [-0.25, -0.2) is 4.79 Å². The van der Waals surface area contributed by atoms with Crippen LogP contribution in [0.25, 0.3) is 11.1 Å². The zero-order chi connectivity index (χ0) is 19.7. The maximum Gasteiger partial charge on any atom is 0.340 e. The molecule has 5 nitrogen and oxygen atoms in total. The summed E-state index contributed by atoms with van der Waals surface area (Å²) < 4.78 is 0.810. The summed E-state index contributed by atoms with van der Waals surface area (Å²) in [5.74, 6) is -1.62. The summed E-state index contributed by atoms with van der Waals surface area (Å²) in [7, 11) is 0. The summed E-state index contributed by atoms with van der Waals surface area (Å²) in [6.45, 7) is 0.500. The van der Waals surface area contributed by atoms with E-state index >= 15 is 0 Å². The van der Waals surface area contributed by atoms with E-state index in [0.717, 1.165) is 21.1 Å². The number of fused-ring (bicyclic) bond motifs is 1. The second kappa shape index (κ2) is 7.85. The lowest BCUT2D eigenvalue weighted by atomic mass is 9.97. The van der Waals surface area contributed by atoms with Crippen molar-refractivity contribution in [2.45, 2.75) is 18.0 Å². The highest BCUT2D eigenvalue weighted by Crippen LogP contribution is 2.39. The van der Waals surface area contributed by atoms with E-state index in [9.17, 15) is 14.7 Å². The number of aliphatic carboxylic acids is 1. The van der Waals surface area contributed by atoms with Crippen LogP contribution in [-0.2, 0) is 16.1 Å². The molecule has 2 aromatic rings. The van der Waals surface area contributed by atoms with Crippen molar-refractivity contribution in [1.29, 1.82) is 0 Å². The number of hydrogen-bond donors (Lipinski definition) is 1. The number of ketones is 1. The van der Waals surface area contributed by atoms with Crippen LogP contribution in [-0.4, -0.2) is 43.8 Å². The normalized spacial score (nSPS) is 21.2. The van der Waals surface area contributed by atoms with Crippen LogP contribution in [0.15, 0.2) is 71.4 Å². The van der Waals surface area contributed by atoms with Gasteiger partial charge in [0.2, 0.25) is 0 Å². The highest BCUT2D eigenvalue weighted by atomic mass is 32.2. The quantitative estimate of drug-likeness (QED) is 0.772. The molecule has 1 N–H and O–H groups in total. The molecule has 2 aliphatic heterocycles. The number of carboxylic acids is 1. The zero-order valence-corrected chi connectivity index (χ0v) is 16.7. The third kappa shape index (κ3) is 3.47. The van der Waals surface area contributed by atoms with Crippen LogP contribution >= 0.6 is 23.5 Å². The average Bonchev–Trinajstić information content (AvgIpc) is 3.16. The molecule has 2 unspecified atom stereocenters. The zero-order valence-electron chi connectivity index (χ0n) is 15.1. The Morgan fingerprint density at radius 1 is 1.18 bits per heavy atom. The number of benzene rings is 2. The first-order valence-electron chi connectivity index (χ1n) is 8.75. The van der Waals surface area contributed by atoms with Gasteiger partial charge in [0.05, 0.1) is 0 Å². The van der Waals surface area contributed by atoms with Crippen LogP contribution in [0.1, 0.15) is 5.56 Å². The Bertz CT molecular complexity index is 988. The van der Waals surface area contributed by atoms with Gasteiger partial charge in [0, 0.05) is 12.7 Å². The Labute approximate surface area is 171 Å². The van der Waals surface area contributed by atoms with E-state index in [-0.39, 0.29) is 10.9 Å². The number of thioether (sulfide) groups is 2. The molecule has 2 heterocycles. The molecular weight excluding hydrogens is 392 g/mol. The molecule has 2 aromatic carbocycles. The van der Waals surface area contributed by atoms with Crippen LogP contribution in [0, 0.1) is 0 Å². The molecule has 0 bridgehead atoms. The highest BCUT2D eigenvalue weighted by molar-refractivity contribution is 8.39. The van der Waals surface area contributed by atoms with Crippen molar-refractivity contribution in [2.24, 2.45) is 4.99 Å². The molecule has 0 aromatic heterocycles. The van der Waals surface area contributed by atoms with Crippen LogP contribution in [0.4, 0.5) is 0 Å². The number of carboxylic acid groups (broad SMARTS) is 1. The van der Waals surface area contributed by atoms with E-state index in [4.69, 9.17) is 0 Å². The molecular formula is C21H18N2O3S2. The molecule has 2 atom stereocenters. The summed E-state index contributed by atoms with van der Waals surface area (Å²) >= 11 is 3.00. The van der Waals surface area contributed by atoms with Crippen molar-refractivity contribution in [3.63, 3.8) is 0 Å². The van der Waals surface area contributed by atoms with E-state index in [2.05, 4.69) is 23.2 Å². The van der Waals surface area contributed by atoms with Gasteiger partial charge in [-0.1, -0.05) is 66.4 Å². The summed E-state index contributed by atoms with van der Waals surface area (Å²) in [5, 5.41) is 9.27. The van der Waals surface area contributed by atoms with E-state index < -0.39 is 17.8 Å². The molecule has 0 saturated carbocycles. The Kier molecular flexibility index (Phi) is 5.28. The van der Waals surface area contributed by atoms with E-state index in [0.29, 0.717) is 6.54 Å². The second-order valence-corrected chi connectivity index (χ2v) is 8.62. The second-order valence-electron chi connectivity index (χ2n) is 6.46. The Hall–Kier alpha value is -2.51. The molecule has 2 aliphatic rings. The fourth-order valence-electron chi connectivity index (χ4n) is 3.43. The first kappa shape index (κ1) is 18.8. The first-order chi connectivity index (χ1) is 13.6. The number of nitrogens with zero attached hydrogens (tertiary/aromatic N) is 2. The Morgan fingerprint density at radius 2 is 1.89 bits per heavy atom. The molecule has 0 fully saturated rings. The number of rotatable bonds is 4. The number of hydrogen-bond acceptors (Lipinski definition) is 6. The molecule has 0 radical (unpaired) electrons. The van der Waals surface area contributed by atoms with Gasteiger partial charge < -0.3 is 10.0 Å². The SMILES string of the molecule is CSC1=NC2C(=O)C(C(=O)O)=CN(Cc3ccccc3-c3ccccc3)C2S1. The van der Waals surface area contributed by atoms with Crippen molar-refractivity contribution in [1.82, 2.24) is 4.90 Å². The molecule has 0 saturated heterocycles. The van der Waals surface area contributed by atoms with Crippen LogP contribution in [0.5, 0.6) is 0 Å². The number of carbonyl (C=O) groups is 2. The summed E-state index contributed by atoms with van der Waals surface area (Å²) in [6, 6.07) is 17.5. The molecule has 28 heavy (non-hydrogen) atoms. The Balaban J connectivity index is 1.71. The fraction of sp³-hybridized carbons (Fsp3) is 0.190. The van der Waals surface area contributed by atoms with Crippen molar-refractivity contribution < 1.29 is 14.7 Å². The van der Waals surface area contributed by atoms with Crippen molar-refractivity contribution >= 4 is 39.7 Å². The van der Waals surface area contributed by atoms with E-state index in [1.54, 1.807) is 0 Å². The molecule has 0 aliphatic carbocycles. The largest absolute Gasteiger partial charge is 0.478 e. The lowest BCUT2D eigenvalue weighted by molar-refractivity contribution is -0.135. The number of Topliss-reactive ketones (excluding diaryl/α,β-unsaturated/α-hetero) is 1. The molecule has 4 rings (SSSR count). The fourth-order valence-corrected chi connectivity index (χ4v) is 5.29. The number of carbonyl (C=O) groups excluding carboxylic acids is 1. The van der Waals surface area contributed by atoms with E-state index in [1.165, 1.54) is 29.7 Å². The minimum atomic E-state index is -1.21. The standard InChI is InChI=1S/C21H18N2O3S2/c1-27-21-22-17-18(24)16(20(25)26)12-23(19(17)28-21)11-14-9-5-6-10-15(14)13-7-3-2-4-8-13/h2-10,12,17,19H,11H2,1H3,(H,25,26). The Morgan fingerprint density at radius 3 is 2.61 bits per heavy atom. The van der Waals surface area contributed by atoms with Gasteiger partial charge in [-0.2, -0.15) is 0 Å². The van der Waals surface area contributed by atoms with E-state index in [1.807, 2.05) is 47.6 Å². The minimum Gasteiger partial charge on any atom is -0.478 e. The lowest BCUT2D eigenvalue weighted by Gasteiger charge is -2.34. The maximum atomic E-state index is 12.6. The highest BCUT2D eigenvalue weighted by Gasteiger charge is 2.44. The van der Waals surface area contributed by atoms with Crippen molar-refractivity contribution in [3.8, 4) is 11.1 Å². The monoisotopic (exact) mass is 410 g/mol. The summed E-state index contributed by atoms with van der Waals surface area (Å²) in [4.78, 5) is 30.6. The van der Waals surface area contributed by atoms with Crippen molar-refractivity contribution in [3.05, 3.63) is 71.9 Å². The maximum absolute atomic E-state index is 12.6. The molecule has 7 heteroatoms. The smallest absolute Gasteiger partial charge is 0.340 e. The van der Waals surface area contributed by atoms with Gasteiger partial charge in [0.25, 0.3) is 0 Å². The van der Waals surface area contributed by atoms with Gasteiger partial charge >= 0.3 is 5.97 Å². The van der Waals surface area contributed by atoms with Crippen LogP contribution in [0.3, 0.4) is 0 Å². The van der Waals surface area contributed by atoms with Crippen molar-refractivity contribution in [2.75, 3.05) is 6.26 Å². The van der Waals surface area contributed by atoms with Gasteiger partial charge in [-0.15, -0.1) is 11.8 Å². The lowest BCUT2D eigenvalue weighted by Crippen LogP contribution is -2.45. The topological polar surface area (TPSA) is 70.0 Å². The van der Waals surface area contributed by atoms with Gasteiger partial charge in [-0.3, -0.25) is 9.79 Å². The predicted molar refractivity (Wildman–Crippen MR) is 114 cm³/mol. The molecule has 142 valence electrons. The molecule has 0 spiro atoms. The average molecular weight is 411 g/mol. The minimum absolute atomic E-state index is 0.204. The predicted octanol–water partition coefficient (Wildman–Crippen LogP) is 3.87. The number of aliphatic imine (C=N–C) groups is 1. The third-order valence-corrected chi connectivity index (χ3v) is 7.07. The van der Waals surface area contributed by atoms with Gasteiger partial charge in [0.15, 0.2) is 5.78 Å². The summed E-state index contributed by atoms with van der Waals surface area (Å²) in [5.41, 5.74) is 3.06. The summed E-state index contributed by atoms with van der Waals surface area (Å²) in [6.07, 6.45) is 3.40. The molecule has 0 amide bonds. The third-order valence-electron chi connectivity index (χ3n) is 4.75. The van der Waals surface area contributed by atoms with Gasteiger partial charge in [-0.05, 0) is 22.9 Å². The van der Waals surface area contributed by atoms with Crippen LogP contribution < -0.4 is 0 Å². The van der Waals surface area contributed by atoms with Gasteiger partial charge in [0.1, 0.15) is 21.4 Å². The first-order valence-corrected chi connectivity index (χ1v) is 10.9. The van der Waals surface area contributed by atoms with Crippen LogP contribution in [0.2, 0.25) is 0 Å².